The summed E-state index contributed by atoms with van der Waals surface area (Å²) >= 11 is 6.14. The Morgan fingerprint density at radius 1 is 0.907 bits per heavy atom. The molecule has 1 aliphatic rings. The maximum absolute atomic E-state index is 14.0. The van der Waals surface area contributed by atoms with Crippen LogP contribution in [0.1, 0.15) is 61.6 Å². The fourth-order valence-electron chi connectivity index (χ4n) is 5.60. The summed E-state index contributed by atoms with van der Waals surface area (Å²) in [5.41, 5.74) is 3.41. The van der Waals surface area contributed by atoms with Gasteiger partial charge in [-0.25, -0.2) is 8.42 Å². The second kappa shape index (κ2) is 15.4. The molecule has 1 saturated carbocycles. The molecule has 43 heavy (non-hydrogen) atoms. The third-order valence-electron chi connectivity index (χ3n) is 7.96. The maximum Gasteiger partial charge on any atom is 0.243 e. The summed E-state index contributed by atoms with van der Waals surface area (Å²) in [6.07, 6.45) is 7.16. The number of aryl methyl sites for hydroxylation is 1. The number of benzene rings is 3. The molecule has 230 valence electrons. The summed E-state index contributed by atoms with van der Waals surface area (Å²) in [5, 5.41) is 3.84. The van der Waals surface area contributed by atoms with E-state index in [0.29, 0.717) is 23.6 Å². The highest BCUT2D eigenvalue weighted by molar-refractivity contribution is 7.92. The van der Waals surface area contributed by atoms with E-state index in [0.717, 1.165) is 42.4 Å². The van der Waals surface area contributed by atoms with Crippen LogP contribution in [0.4, 0.5) is 5.69 Å². The molecule has 4 rings (SSSR count). The monoisotopic (exact) mass is 623 g/mol. The number of carbonyl (C=O) groups is 2. The number of rotatable bonds is 13. The third-order valence-corrected chi connectivity index (χ3v) is 9.41. The van der Waals surface area contributed by atoms with Crippen LogP contribution in [0, 0.1) is 6.92 Å². The lowest BCUT2D eigenvalue weighted by Crippen LogP contribution is -2.52. The van der Waals surface area contributed by atoms with Crippen molar-refractivity contribution in [3.8, 4) is 0 Å². The molecule has 3 aromatic carbocycles. The molecule has 0 aromatic heterocycles. The van der Waals surface area contributed by atoms with Crippen LogP contribution in [0.2, 0.25) is 5.02 Å². The highest BCUT2D eigenvalue weighted by atomic mass is 35.5. The summed E-state index contributed by atoms with van der Waals surface area (Å²) in [5.74, 6) is -0.359. The van der Waals surface area contributed by atoms with Gasteiger partial charge in [0, 0.05) is 37.0 Å². The van der Waals surface area contributed by atoms with Crippen molar-refractivity contribution in [3.63, 3.8) is 0 Å². The highest BCUT2D eigenvalue weighted by Gasteiger charge is 2.32. The van der Waals surface area contributed by atoms with Crippen molar-refractivity contribution in [1.29, 1.82) is 0 Å². The molecule has 1 aliphatic carbocycles. The molecule has 0 spiro atoms. The van der Waals surface area contributed by atoms with Gasteiger partial charge in [-0.15, -0.1) is 0 Å². The van der Waals surface area contributed by atoms with Crippen molar-refractivity contribution in [1.82, 2.24) is 10.2 Å². The molecular weight excluding hydrogens is 582 g/mol. The first-order chi connectivity index (χ1) is 20.6. The van der Waals surface area contributed by atoms with E-state index in [1.807, 2.05) is 61.5 Å². The maximum atomic E-state index is 14.0. The molecule has 3 aromatic rings. The van der Waals surface area contributed by atoms with Gasteiger partial charge in [0.15, 0.2) is 0 Å². The molecule has 0 radical (unpaired) electrons. The first kappa shape index (κ1) is 32.6. The Balaban J connectivity index is 1.58. The molecule has 7 nitrogen and oxygen atoms in total. The molecular formula is C34H42ClN3O4S. The molecule has 2 amide bonds. The van der Waals surface area contributed by atoms with Gasteiger partial charge in [0.1, 0.15) is 6.04 Å². The lowest BCUT2D eigenvalue weighted by Gasteiger charge is -2.34. The Kier molecular flexibility index (Phi) is 11.7. The predicted molar refractivity (Wildman–Crippen MR) is 174 cm³/mol. The van der Waals surface area contributed by atoms with Crippen LogP contribution < -0.4 is 9.62 Å². The molecule has 1 atom stereocenters. The van der Waals surface area contributed by atoms with Crippen LogP contribution in [0.25, 0.3) is 0 Å². The summed E-state index contributed by atoms with van der Waals surface area (Å²) in [6.45, 7) is 2.33. The normalized spacial score (nSPS) is 14.6. The second-order valence-electron chi connectivity index (χ2n) is 11.5. The summed E-state index contributed by atoms with van der Waals surface area (Å²) in [4.78, 5) is 29.6. The molecule has 0 heterocycles. The van der Waals surface area contributed by atoms with Crippen LogP contribution in [-0.2, 0) is 32.6 Å². The Morgan fingerprint density at radius 2 is 1.56 bits per heavy atom. The summed E-state index contributed by atoms with van der Waals surface area (Å²) in [7, 11) is -3.56. The second-order valence-corrected chi connectivity index (χ2v) is 13.8. The standard InChI is InChI=1S/C34H42ClN3O4S/c1-26-15-21-31(22-16-26)38(43(2,41)42)23-9-14-33(39)37(25-28-17-19-29(35)20-18-28)32(24-27-10-5-3-6-11-27)34(40)36-30-12-7-4-8-13-30/h3,5-6,10-11,15-22,30,32H,4,7-9,12-14,23-25H2,1-2H3,(H,36,40)/t32-/m0/s1. The van der Waals surface area contributed by atoms with E-state index in [2.05, 4.69) is 5.32 Å². The minimum absolute atomic E-state index is 0.0907. The van der Waals surface area contributed by atoms with Gasteiger partial charge in [-0.05, 0) is 61.6 Å². The Morgan fingerprint density at radius 3 is 2.19 bits per heavy atom. The number of hydrogen-bond donors (Lipinski definition) is 1. The molecule has 0 bridgehead atoms. The predicted octanol–water partition coefficient (Wildman–Crippen LogP) is 6.28. The smallest absolute Gasteiger partial charge is 0.243 e. The molecule has 0 unspecified atom stereocenters. The summed E-state index contributed by atoms with van der Waals surface area (Å²) in [6, 6.07) is 23.7. The zero-order valence-corrected chi connectivity index (χ0v) is 26.6. The van der Waals surface area contributed by atoms with E-state index in [4.69, 9.17) is 11.6 Å². The number of carbonyl (C=O) groups excluding carboxylic acids is 2. The van der Waals surface area contributed by atoms with Crippen LogP contribution in [0.15, 0.2) is 78.9 Å². The number of nitrogens with one attached hydrogen (secondary N) is 1. The van der Waals surface area contributed by atoms with E-state index >= 15 is 0 Å². The van der Waals surface area contributed by atoms with Gasteiger partial charge in [-0.3, -0.25) is 13.9 Å². The number of hydrogen-bond acceptors (Lipinski definition) is 4. The van der Waals surface area contributed by atoms with Gasteiger partial charge in [0.25, 0.3) is 0 Å². The molecule has 0 saturated heterocycles. The first-order valence-electron chi connectivity index (χ1n) is 15.0. The molecule has 0 aliphatic heterocycles. The van der Waals surface area contributed by atoms with Crippen molar-refractivity contribution in [3.05, 3.63) is 101 Å². The third kappa shape index (κ3) is 9.83. The Hall–Kier alpha value is -3.36. The molecule has 9 heteroatoms. The number of amides is 2. The van der Waals surface area contributed by atoms with E-state index in [1.54, 1.807) is 29.2 Å². The lowest BCUT2D eigenvalue weighted by molar-refractivity contribution is -0.141. The van der Waals surface area contributed by atoms with E-state index in [1.165, 1.54) is 17.0 Å². The van der Waals surface area contributed by atoms with Crippen molar-refractivity contribution in [2.75, 3.05) is 17.1 Å². The van der Waals surface area contributed by atoms with Crippen LogP contribution >= 0.6 is 11.6 Å². The largest absolute Gasteiger partial charge is 0.352 e. The van der Waals surface area contributed by atoms with Crippen molar-refractivity contribution < 1.29 is 18.0 Å². The number of anilines is 1. The van der Waals surface area contributed by atoms with Crippen LogP contribution in [-0.4, -0.2) is 50.0 Å². The Bertz CT molecular complexity index is 1440. The summed E-state index contributed by atoms with van der Waals surface area (Å²) < 4.78 is 26.6. The van der Waals surface area contributed by atoms with Crippen molar-refractivity contribution in [2.24, 2.45) is 0 Å². The highest BCUT2D eigenvalue weighted by Crippen LogP contribution is 2.22. The first-order valence-corrected chi connectivity index (χ1v) is 17.3. The van der Waals surface area contributed by atoms with Crippen LogP contribution in [0.3, 0.4) is 0 Å². The minimum atomic E-state index is -3.56. The van der Waals surface area contributed by atoms with Crippen molar-refractivity contribution >= 4 is 39.1 Å². The van der Waals surface area contributed by atoms with Gasteiger partial charge < -0.3 is 10.2 Å². The lowest BCUT2D eigenvalue weighted by atomic mass is 9.94. The van der Waals surface area contributed by atoms with Gasteiger partial charge in [-0.2, -0.15) is 0 Å². The zero-order valence-electron chi connectivity index (χ0n) is 25.0. The topological polar surface area (TPSA) is 86.8 Å². The van der Waals surface area contributed by atoms with Crippen molar-refractivity contribution in [2.45, 2.75) is 76.9 Å². The number of nitrogens with zero attached hydrogens (tertiary/aromatic N) is 2. The van der Waals surface area contributed by atoms with Gasteiger partial charge in [-0.1, -0.05) is 91.0 Å². The average Bonchev–Trinajstić information content (AvgIpc) is 2.99. The van der Waals surface area contributed by atoms with E-state index < -0.39 is 16.1 Å². The Labute approximate surface area is 261 Å². The van der Waals surface area contributed by atoms with E-state index in [-0.39, 0.29) is 37.4 Å². The quantitative estimate of drug-likeness (QED) is 0.243. The number of halogens is 1. The fourth-order valence-corrected chi connectivity index (χ4v) is 6.69. The molecule has 1 fully saturated rings. The fraction of sp³-hybridized carbons (Fsp3) is 0.412. The van der Waals surface area contributed by atoms with E-state index in [9.17, 15) is 18.0 Å². The number of sulfonamides is 1. The SMILES string of the molecule is Cc1ccc(N(CCCC(=O)N(Cc2ccc(Cl)cc2)[C@@H](Cc2ccccc2)C(=O)NC2CCCCC2)S(C)(=O)=O)cc1. The zero-order chi connectivity index (χ0) is 30.8. The minimum Gasteiger partial charge on any atom is -0.352 e. The van der Waals surface area contributed by atoms with Gasteiger partial charge in [0.05, 0.1) is 11.9 Å². The van der Waals surface area contributed by atoms with Gasteiger partial charge >= 0.3 is 0 Å². The average molecular weight is 624 g/mol. The van der Waals surface area contributed by atoms with Gasteiger partial charge in [0.2, 0.25) is 21.8 Å². The molecule has 1 N–H and O–H groups in total. The van der Waals surface area contributed by atoms with Crippen LogP contribution in [0.5, 0.6) is 0 Å².